The summed E-state index contributed by atoms with van der Waals surface area (Å²) in [5, 5.41) is 8.87. The highest BCUT2D eigenvalue weighted by Gasteiger charge is 2.44. The number of carboxylic acid groups (broad SMARTS) is 1. The molecule has 4 nitrogen and oxygen atoms in total. The quantitative estimate of drug-likeness (QED) is 0.659. The Kier molecular flexibility index (Phi) is 2.32. The summed E-state index contributed by atoms with van der Waals surface area (Å²) in [5.41, 5.74) is -0.311. The number of carboxylic acids is 1. The Morgan fingerprint density at radius 2 is 2.00 bits per heavy atom. The van der Waals surface area contributed by atoms with E-state index in [4.69, 9.17) is 5.11 Å². The Hall–Kier alpha value is -1.06. The molecule has 0 spiro atoms. The molecule has 1 N–H and O–H groups in total. The number of hydrogen-bond donors (Lipinski definition) is 1. The molecule has 1 fully saturated rings. The molecule has 0 radical (unpaired) electrons. The molecule has 0 aromatic rings. The smallest absolute Gasteiger partial charge is 0.326 e. The topological polar surface area (TPSA) is 57.6 Å². The predicted octanol–water partition coefficient (Wildman–Crippen LogP) is 0.860. The average molecular weight is 185 g/mol. The van der Waals surface area contributed by atoms with Crippen molar-refractivity contribution >= 4 is 11.9 Å². The van der Waals surface area contributed by atoms with Crippen LogP contribution in [0.25, 0.3) is 0 Å². The van der Waals surface area contributed by atoms with Crippen LogP contribution in [-0.4, -0.2) is 33.5 Å². The van der Waals surface area contributed by atoms with E-state index >= 15 is 0 Å². The number of hydrogen-bond acceptors (Lipinski definition) is 2. The third-order valence-corrected chi connectivity index (χ3v) is 2.62. The van der Waals surface area contributed by atoms with Gasteiger partial charge < -0.3 is 10.0 Å². The second-order valence-corrected chi connectivity index (χ2v) is 4.09. The summed E-state index contributed by atoms with van der Waals surface area (Å²) in [7, 11) is 0. The van der Waals surface area contributed by atoms with Gasteiger partial charge in [0.25, 0.3) is 0 Å². The fourth-order valence-corrected chi connectivity index (χ4v) is 2.04. The van der Waals surface area contributed by atoms with E-state index in [1.54, 1.807) is 0 Å². The highest BCUT2D eigenvalue weighted by atomic mass is 16.4. The molecule has 0 bridgehead atoms. The van der Waals surface area contributed by atoms with Crippen molar-refractivity contribution < 1.29 is 14.7 Å². The second kappa shape index (κ2) is 3.01. The minimum absolute atomic E-state index is 0.157. The van der Waals surface area contributed by atoms with Crippen molar-refractivity contribution in [2.45, 2.75) is 45.2 Å². The van der Waals surface area contributed by atoms with Gasteiger partial charge in [0.2, 0.25) is 5.91 Å². The van der Waals surface area contributed by atoms with E-state index in [0.29, 0.717) is 6.42 Å². The van der Waals surface area contributed by atoms with E-state index < -0.39 is 12.0 Å². The third-order valence-electron chi connectivity index (χ3n) is 2.62. The molecule has 1 aliphatic rings. The Bertz CT molecular complexity index is 247. The molecule has 0 aliphatic carbocycles. The molecule has 1 atom stereocenters. The SMILES string of the molecule is CC(=O)N1C(C(=O)O)CCC1(C)C. The summed E-state index contributed by atoms with van der Waals surface area (Å²) in [6.07, 6.45) is 1.31. The number of carbonyl (C=O) groups excluding carboxylic acids is 1. The first-order chi connectivity index (χ1) is 5.86. The fraction of sp³-hybridized carbons (Fsp3) is 0.778. The van der Waals surface area contributed by atoms with Crippen LogP contribution in [0, 0.1) is 0 Å². The molecule has 1 rings (SSSR count). The van der Waals surface area contributed by atoms with Crippen LogP contribution in [0.4, 0.5) is 0 Å². The number of amides is 1. The monoisotopic (exact) mass is 185 g/mol. The summed E-state index contributed by atoms with van der Waals surface area (Å²) in [5.74, 6) is -1.06. The number of nitrogens with zero attached hydrogens (tertiary/aromatic N) is 1. The maximum absolute atomic E-state index is 11.2. The lowest BCUT2D eigenvalue weighted by molar-refractivity contribution is -0.150. The number of carbonyl (C=O) groups is 2. The van der Waals surface area contributed by atoms with Gasteiger partial charge in [-0.2, -0.15) is 0 Å². The highest BCUT2D eigenvalue weighted by Crippen LogP contribution is 2.33. The van der Waals surface area contributed by atoms with E-state index in [1.807, 2.05) is 13.8 Å². The van der Waals surface area contributed by atoms with Crippen LogP contribution in [0.2, 0.25) is 0 Å². The largest absolute Gasteiger partial charge is 0.480 e. The van der Waals surface area contributed by atoms with Crippen LogP contribution in [-0.2, 0) is 9.59 Å². The molecule has 13 heavy (non-hydrogen) atoms. The molecular weight excluding hydrogens is 170 g/mol. The Labute approximate surface area is 77.5 Å². The molecule has 1 saturated heterocycles. The molecule has 0 saturated carbocycles. The normalized spacial score (nSPS) is 26.1. The zero-order valence-electron chi connectivity index (χ0n) is 8.20. The first kappa shape index (κ1) is 10.0. The van der Waals surface area contributed by atoms with Gasteiger partial charge in [0.05, 0.1) is 0 Å². The molecule has 0 aromatic carbocycles. The first-order valence-corrected chi connectivity index (χ1v) is 4.39. The molecule has 1 heterocycles. The number of rotatable bonds is 1. The van der Waals surface area contributed by atoms with E-state index in [2.05, 4.69) is 0 Å². The van der Waals surface area contributed by atoms with E-state index in [0.717, 1.165) is 6.42 Å². The first-order valence-electron chi connectivity index (χ1n) is 4.39. The molecule has 1 aliphatic heterocycles. The van der Waals surface area contributed by atoms with Crippen molar-refractivity contribution in [2.24, 2.45) is 0 Å². The van der Waals surface area contributed by atoms with Gasteiger partial charge in [-0.1, -0.05) is 0 Å². The van der Waals surface area contributed by atoms with Gasteiger partial charge in [-0.15, -0.1) is 0 Å². The minimum atomic E-state index is -0.902. The zero-order chi connectivity index (χ0) is 10.2. The van der Waals surface area contributed by atoms with E-state index in [1.165, 1.54) is 11.8 Å². The van der Waals surface area contributed by atoms with Crippen molar-refractivity contribution in [3.63, 3.8) is 0 Å². The summed E-state index contributed by atoms with van der Waals surface area (Å²) >= 11 is 0. The Morgan fingerprint density at radius 1 is 1.46 bits per heavy atom. The summed E-state index contributed by atoms with van der Waals surface area (Å²) in [6.45, 7) is 5.22. The summed E-state index contributed by atoms with van der Waals surface area (Å²) < 4.78 is 0. The van der Waals surface area contributed by atoms with Gasteiger partial charge in [0, 0.05) is 12.5 Å². The summed E-state index contributed by atoms with van der Waals surface area (Å²) in [4.78, 5) is 23.5. The van der Waals surface area contributed by atoms with Gasteiger partial charge in [0.1, 0.15) is 6.04 Å². The lowest BCUT2D eigenvalue weighted by atomic mass is 10.0. The van der Waals surface area contributed by atoms with Crippen molar-refractivity contribution in [3.05, 3.63) is 0 Å². The van der Waals surface area contributed by atoms with Gasteiger partial charge in [-0.25, -0.2) is 4.79 Å². The van der Waals surface area contributed by atoms with Gasteiger partial charge in [-0.05, 0) is 26.7 Å². The average Bonchev–Trinajstić information content (AvgIpc) is 2.24. The van der Waals surface area contributed by atoms with E-state index in [-0.39, 0.29) is 11.4 Å². The maximum Gasteiger partial charge on any atom is 0.326 e. The van der Waals surface area contributed by atoms with Crippen molar-refractivity contribution in [2.75, 3.05) is 0 Å². The van der Waals surface area contributed by atoms with Gasteiger partial charge in [-0.3, -0.25) is 4.79 Å². The third kappa shape index (κ3) is 1.66. The fourth-order valence-electron chi connectivity index (χ4n) is 2.04. The molecule has 4 heteroatoms. The van der Waals surface area contributed by atoms with Crippen molar-refractivity contribution in [1.29, 1.82) is 0 Å². The van der Waals surface area contributed by atoms with Crippen LogP contribution >= 0.6 is 0 Å². The Morgan fingerprint density at radius 3 is 2.31 bits per heavy atom. The van der Waals surface area contributed by atoms with Crippen LogP contribution in [0.5, 0.6) is 0 Å². The van der Waals surface area contributed by atoms with Crippen LogP contribution < -0.4 is 0 Å². The van der Waals surface area contributed by atoms with E-state index in [9.17, 15) is 9.59 Å². The molecule has 1 unspecified atom stereocenters. The standard InChI is InChI=1S/C9H15NO3/c1-6(11)10-7(8(12)13)4-5-9(10,2)3/h7H,4-5H2,1-3H3,(H,12,13). The molecular formula is C9H15NO3. The number of aliphatic carboxylic acids is 1. The lowest BCUT2D eigenvalue weighted by Crippen LogP contribution is -2.48. The van der Waals surface area contributed by atoms with Crippen LogP contribution in [0.3, 0.4) is 0 Å². The maximum atomic E-state index is 11.2. The summed E-state index contributed by atoms with van der Waals surface area (Å²) in [6, 6.07) is -0.632. The van der Waals surface area contributed by atoms with Crippen LogP contribution in [0.15, 0.2) is 0 Å². The van der Waals surface area contributed by atoms with Crippen molar-refractivity contribution in [3.8, 4) is 0 Å². The van der Waals surface area contributed by atoms with Crippen molar-refractivity contribution in [1.82, 2.24) is 4.90 Å². The molecule has 1 amide bonds. The zero-order valence-corrected chi connectivity index (χ0v) is 8.20. The highest BCUT2D eigenvalue weighted by molar-refractivity contribution is 5.83. The predicted molar refractivity (Wildman–Crippen MR) is 47.3 cm³/mol. The molecule has 74 valence electrons. The van der Waals surface area contributed by atoms with Crippen LogP contribution in [0.1, 0.15) is 33.6 Å². The van der Waals surface area contributed by atoms with Gasteiger partial charge >= 0.3 is 5.97 Å². The Balaban J connectivity index is 2.92. The second-order valence-electron chi connectivity index (χ2n) is 4.09. The lowest BCUT2D eigenvalue weighted by Gasteiger charge is -2.33. The minimum Gasteiger partial charge on any atom is -0.480 e. The molecule has 0 aromatic heterocycles. The van der Waals surface area contributed by atoms with Gasteiger partial charge in [0.15, 0.2) is 0 Å². The number of likely N-dealkylation sites (tertiary alicyclic amines) is 1.